The van der Waals surface area contributed by atoms with Crippen LogP contribution in [0.2, 0.25) is 0 Å². The Kier molecular flexibility index (Phi) is 5.35. The second-order valence-electron chi connectivity index (χ2n) is 4.96. The number of hydrogen-bond donors (Lipinski definition) is 2. The molecule has 2 aromatic rings. The molecule has 0 radical (unpaired) electrons. The fourth-order valence-electron chi connectivity index (χ4n) is 1.80. The minimum absolute atomic E-state index is 0.0734. The van der Waals surface area contributed by atoms with E-state index >= 15 is 0 Å². The molecule has 122 valence electrons. The van der Waals surface area contributed by atoms with Gasteiger partial charge in [-0.15, -0.1) is 0 Å². The Morgan fingerprint density at radius 1 is 1.30 bits per heavy atom. The highest BCUT2D eigenvalue weighted by Crippen LogP contribution is 2.25. The van der Waals surface area contributed by atoms with Crippen LogP contribution in [-0.2, 0) is 0 Å². The van der Waals surface area contributed by atoms with Gasteiger partial charge in [0.15, 0.2) is 6.29 Å². The average Bonchev–Trinajstić information content (AvgIpc) is 2.55. The van der Waals surface area contributed by atoms with Crippen molar-refractivity contribution in [2.75, 3.05) is 18.2 Å². The van der Waals surface area contributed by atoms with Gasteiger partial charge in [-0.2, -0.15) is 9.97 Å². The summed E-state index contributed by atoms with van der Waals surface area (Å²) in [5.74, 6) is 1.26. The fourth-order valence-corrected chi connectivity index (χ4v) is 1.80. The van der Waals surface area contributed by atoms with E-state index in [9.17, 15) is 4.79 Å². The third-order valence-electron chi connectivity index (χ3n) is 3.29. The summed E-state index contributed by atoms with van der Waals surface area (Å²) in [7, 11) is 1.60. The number of aromatic nitrogens is 2. The number of nitrogens with two attached hydrogens (primary N) is 1. The molecule has 23 heavy (non-hydrogen) atoms. The molecular formula is C16H20N4O3. The van der Waals surface area contributed by atoms with Crippen molar-refractivity contribution in [1.82, 2.24) is 9.97 Å². The summed E-state index contributed by atoms with van der Waals surface area (Å²) in [6, 6.07) is 7.26. The van der Waals surface area contributed by atoms with Crippen LogP contribution in [0.15, 0.2) is 24.3 Å². The number of methoxy groups -OCH3 is 1. The molecule has 1 unspecified atom stereocenters. The first-order chi connectivity index (χ1) is 11.1. The van der Waals surface area contributed by atoms with Crippen molar-refractivity contribution in [3.8, 4) is 11.6 Å². The van der Waals surface area contributed by atoms with Gasteiger partial charge in [0.1, 0.15) is 17.1 Å². The van der Waals surface area contributed by atoms with Gasteiger partial charge in [0.05, 0.1) is 13.2 Å². The first-order valence-corrected chi connectivity index (χ1v) is 7.27. The second-order valence-corrected chi connectivity index (χ2v) is 4.96. The molecule has 0 aliphatic heterocycles. The summed E-state index contributed by atoms with van der Waals surface area (Å²) in [6.07, 6.45) is 1.30. The first kappa shape index (κ1) is 16.5. The van der Waals surface area contributed by atoms with Crippen LogP contribution in [0, 0.1) is 0 Å². The van der Waals surface area contributed by atoms with Gasteiger partial charge in [0, 0.05) is 5.69 Å². The Labute approximate surface area is 134 Å². The highest BCUT2D eigenvalue weighted by Gasteiger charge is 2.15. The maximum Gasteiger partial charge on any atom is 0.232 e. The molecule has 0 fully saturated rings. The normalized spacial score (nSPS) is 11.6. The summed E-state index contributed by atoms with van der Waals surface area (Å²) in [5.41, 5.74) is 6.75. The number of nitrogen functional groups attached to an aromatic ring is 1. The topological polar surface area (TPSA) is 99.4 Å². The Hall–Kier alpha value is -2.83. The molecule has 1 heterocycles. The number of carbonyl (C=O) groups is 1. The van der Waals surface area contributed by atoms with Gasteiger partial charge in [-0.25, -0.2) is 0 Å². The lowest BCUT2D eigenvalue weighted by molar-refractivity contribution is 0.111. The Morgan fingerprint density at radius 3 is 2.57 bits per heavy atom. The lowest BCUT2D eigenvalue weighted by atomic mass is 10.3. The van der Waals surface area contributed by atoms with Gasteiger partial charge in [-0.05, 0) is 37.6 Å². The van der Waals surface area contributed by atoms with Crippen molar-refractivity contribution in [2.45, 2.75) is 26.4 Å². The molecule has 0 saturated heterocycles. The molecule has 3 N–H and O–H groups in total. The largest absolute Gasteiger partial charge is 0.497 e. The molecule has 1 atom stereocenters. The van der Waals surface area contributed by atoms with Gasteiger partial charge in [0.2, 0.25) is 11.8 Å². The number of hydrogen-bond acceptors (Lipinski definition) is 7. The van der Waals surface area contributed by atoms with E-state index in [2.05, 4.69) is 15.3 Å². The van der Waals surface area contributed by atoms with E-state index in [4.69, 9.17) is 15.2 Å². The predicted molar refractivity (Wildman–Crippen MR) is 88.5 cm³/mol. The monoisotopic (exact) mass is 316 g/mol. The summed E-state index contributed by atoms with van der Waals surface area (Å²) in [5, 5.41) is 3.03. The highest BCUT2D eigenvalue weighted by molar-refractivity contribution is 5.85. The molecule has 0 bridgehead atoms. The van der Waals surface area contributed by atoms with E-state index in [1.54, 1.807) is 7.11 Å². The molecule has 0 saturated carbocycles. The maximum absolute atomic E-state index is 11.2. The lowest BCUT2D eigenvalue weighted by Gasteiger charge is -2.15. The number of anilines is 3. The number of ether oxygens (including phenoxy) is 2. The van der Waals surface area contributed by atoms with E-state index < -0.39 is 0 Å². The van der Waals surface area contributed by atoms with E-state index in [0.717, 1.165) is 17.9 Å². The van der Waals surface area contributed by atoms with Gasteiger partial charge in [-0.1, -0.05) is 6.92 Å². The standard InChI is InChI=1S/C16H20N4O3/c1-4-10(2)23-15-13(9-21)14(17)19-16(20-15)18-11-5-7-12(22-3)8-6-11/h5-10H,4H2,1-3H3,(H3,17,18,19,20). The van der Waals surface area contributed by atoms with Gasteiger partial charge < -0.3 is 20.5 Å². The van der Waals surface area contributed by atoms with Crippen LogP contribution in [0.1, 0.15) is 30.6 Å². The molecule has 0 amide bonds. The third-order valence-corrected chi connectivity index (χ3v) is 3.29. The van der Waals surface area contributed by atoms with Crippen LogP contribution in [0.3, 0.4) is 0 Å². The maximum atomic E-state index is 11.2. The quantitative estimate of drug-likeness (QED) is 0.758. The van der Waals surface area contributed by atoms with Crippen molar-refractivity contribution in [3.05, 3.63) is 29.8 Å². The fraction of sp³-hybridized carbons (Fsp3) is 0.312. The van der Waals surface area contributed by atoms with Crippen LogP contribution < -0.4 is 20.5 Å². The highest BCUT2D eigenvalue weighted by atomic mass is 16.5. The minimum atomic E-state index is -0.0863. The minimum Gasteiger partial charge on any atom is -0.497 e. The van der Waals surface area contributed by atoms with Crippen molar-refractivity contribution < 1.29 is 14.3 Å². The molecule has 7 heteroatoms. The van der Waals surface area contributed by atoms with Crippen molar-refractivity contribution in [2.24, 2.45) is 0 Å². The Balaban J connectivity index is 2.29. The molecule has 0 aliphatic rings. The number of nitrogens with zero attached hydrogens (tertiary/aromatic N) is 2. The van der Waals surface area contributed by atoms with Gasteiger partial charge in [0.25, 0.3) is 0 Å². The molecule has 0 spiro atoms. The van der Waals surface area contributed by atoms with Crippen LogP contribution in [0.5, 0.6) is 11.6 Å². The molecule has 0 aliphatic carbocycles. The number of aldehydes is 1. The first-order valence-electron chi connectivity index (χ1n) is 7.27. The van der Waals surface area contributed by atoms with Crippen molar-refractivity contribution >= 4 is 23.7 Å². The van der Waals surface area contributed by atoms with Crippen LogP contribution >= 0.6 is 0 Å². The lowest BCUT2D eigenvalue weighted by Crippen LogP contribution is -2.15. The number of rotatable bonds is 7. The van der Waals surface area contributed by atoms with Crippen molar-refractivity contribution in [3.63, 3.8) is 0 Å². The summed E-state index contributed by atoms with van der Waals surface area (Å²) >= 11 is 0. The predicted octanol–water partition coefficient (Wildman–Crippen LogP) is 2.80. The van der Waals surface area contributed by atoms with Gasteiger partial charge >= 0.3 is 0 Å². The second kappa shape index (κ2) is 7.44. The van der Waals surface area contributed by atoms with Crippen LogP contribution in [0.4, 0.5) is 17.5 Å². The summed E-state index contributed by atoms with van der Waals surface area (Å²) < 4.78 is 10.8. The molecule has 7 nitrogen and oxygen atoms in total. The van der Waals surface area contributed by atoms with Crippen molar-refractivity contribution in [1.29, 1.82) is 0 Å². The third kappa shape index (κ3) is 4.09. The average molecular weight is 316 g/mol. The SMILES string of the molecule is CCC(C)Oc1nc(Nc2ccc(OC)cc2)nc(N)c1C=O. The number of nitrogens with one attached hydrogen (secondary N) is 1. The summed E-state index contributed by atoms with van der Waals surface area (Å²) in [6.45, 7) is 3.87. The zero-order valence-corrected chi connectivity index (χ0v) is 13.4. The van der Waals surface area contributed by atoms with E-state index in [1.165, 1.54) is 0 Å². The Bertz CT molecular complexity index is 674. The Morgan fingerprint density at radius 2 is 2.00 bits per heavy atom. The van der Waals surface area contributed by atoms with E-state index in [1.807, 2.05) is 38.1 Å². The molecular weight excluding hydrogens is 296 g/mol. The zero-order valence-electron chi connectivity index (χ0n) is 13.4. The number of benzene rings is 1. The number of carbonyl (C=O) groups excluding carboxylic acids is 1. The van der Waals surface area contributed by atoms with Gasteiger partial charge in [-0.3, -0.25) is 4.79 Å². The zero-order chi connectivity index (χ0) is 16.8. The molecule has 2 rings (SSSR count). The van der Waals surface area contributed by atoms with E-state index in [0.29, 0.717) is 6.29 Å². The molecule has 1 aromatic heterocycles. The van der Waals surface area contributed by atoms with Crippen LogP contribution in [-0.4, -0.2) is 29.5 Å². The molecule has 1 aromatic carbocycles. The summed E-state index contributed by atoms with van der Waals surface area (Å²) in [4.78, 5) is 19.5. The smallest absolute Gasteiger partial charge is 0.232 e. The van der Waals surface area contributed by atoms with Crippen LogP contribution in [0.25, 0.3) is 0 Å². The van der Waals surface area contributed by atoms with E-state index in [-0.39, 0.29) is 29.3 Å².